The van der Waals surface area contributed by atoms with Crippen LogP contribution in [0, 0.1) is 0 Å². The number of ether oxygens (including phenoxy) is 2. The molecule has 0 amide bonds. The lowest BCUT2D eigenvalue weighted by Crippen LogP contribution is -2.21. The van der Waals surface area contributed by atoms with Crippen LogP contribution in [0.2, 0.25) is 0 Å². The van der Waals surface area contributed by atoms with Gasteiger partial charge in [0.25, 0.3) is 0 Å². The predicted octanol–water partition coefficient (Wildman–Crippen LogP) is 1.19. The Kier molecular flexibility index (Phi) is 1.68. The predicted molar refractivity (Wildman–Crippen MR) is 39.1 cm³/mol. The maximum absolute atomic E-state index is 5.42. The smallest absolute Gasteiger partial charge is 0.215 e. The van der Waals surface area contributed by atoms with Gasteiger partial charge in [-0.15, -0.1) is 0 Å². The molecule has 1 heterocycles. The van der Waals surface area contributed by atoms with Gasteiger partial charge >= 0.3 is 0 Å². The van der Waals surface area contributed by atoms with E-state index in [4.69, 9.17) is 9.47 Å². The summed E-state index contributed by atoms with van der Waals surface area (Å²) >= 11 is 0. The third kappa shape index (κ3) is 1.29. The van der Waals surface area contributed by atoms with Crippen molar-refractivity contribution in [3.63, 3.8) is 0 Å². The lowest BCUT2D eigenvalue weighted by molar-refractivity contribution is -0.0101. The number of methoxy groups -OCH3 is 1. The monoisotopic (exact) mass is 143 g/mol. The molecule has 0 bridgehead atoms. The summed E-state index contributed by atoms with van der Waals surface area (Å²) in [7, 11) is 1.61. The van der Waals surface area contributed by atoms with E-state index < -0.39 is 5.72 Å². The zero-order chi connectivity index (χ0) is 7.78. The van der Waals surface area contributed by atoms with Gasteiger partial charge in [-0.05, 0) is 20.8 Å². The highest BCUT2D eigenvalue weighted by atomic mass is 16.6. The van der Waals surface area contributed by atoms with E-state index in [1.807, 2.05) is 20.8 Å². The molecule has 0 fully saturated rings. The van der Waals surface area contributed by atoms with E-state index in [2.05, 4.69) is 4.99 Å². The Morgan fingerprint density at radius 3 is 2.40 bits per heavy atom. The highest BCUT2D eigenvalue weighted by Gasteiger charge is 2.31. The summed E-state index contributed by atoms with van der Waals surface area (Å²) in [4.78, 5) is 4.19. The molecule has 10 heavy (non-hydrogen) atoms. The summed E-state index contributed by atoms with van der Waals surface area (Å²) in [6.45, 7) is 5.75. The first-order valence-corrected chi connectivity index (χ1v) is 3.37. The molecule has 0 aliphatic carbocycles. The molecule has 0 saturated carbocycles. The van der Waals surface area contributed by atoms with Crippen molar-refractivity contribution in [1.29, 1.82) is 0 Å². The molecular weight excluding hydrogens is 130 g/mol. The highest BCUT2D eigenvalue weighted by molar-refractivity contribution is 5.82. The van der Waals surface area contributed by atoms with Crippen LogP contribution in [0.5, 0.6) is 0 Å². The fourth-order valence-electron chi connectivity index (χ4n) is 1.08. The summed E-state index contributed by atoms with van der Waals surface area (Å²) in [6.07, 6.45) is -0.000000000000000222. The Labute approximate surface area is 61.0 Å². The van der Waals surface area contributed by atoms with Crippen LogP contribution in [0.3, 0.4) is 0 Å². The van der Waals surface area contributed by atoms with Crippen LogP contribution >= 0.6 is 0 Å². The van der Waals surface area contributed by atoms with Gasteiger partial charge in [0.2, 0.25) is 5.90 Å². The molecular formula is C7H13NO2. The molecule has 3 heteroatoms. The molecule has 0 radical (unpaired) electrons. The first-order chi connectivity index (χ1) is 4.55. The van der Waals surface area contributed by atoms with Crippen molar-refractivity contribution in [1.82, 2.24) is 0 Å². The van der Waals surface area contributed by atoms with Gasteiger partial charge in [-0.25, -0.2) is 4.99 Å². The van der Waals surface area contributed by atoms with Crippen molar-refractivity contribution in [2.24, 2.45) is 4.99 Å². The second kappa shape index (κ2) is 2.23. The SMILES string of the molecule is COC1=NC(C)(C)O[C@@H]1C. The first kappa shape index (κ1) is 7.54. The zero-order valence-electron chi connectivity index (χ0n) is 6.84. The Hall–Kier alpha value is -0.570. The topological polar surface area (TPSA) is 30.8 Å². The standard InChI is InChI=1S/C7H13NO2/c1-5-6(9-4)8-7(2,3)10-5/h5H,1-4H3/t5-/m1/s1. The maximum Gasteiger partial charge on any atom is 0.215 e. The Balaban J connectivity index is 2.72. The summed E-state index contributed by atoms with van der Waals surface area (Å²) in [5.74, 6) is 0.685. The van der Waals surface area contributed by atoms with Gasteiger partial charge in [-0.3, -0.25) is 0 Å². The molecule has 1 rings (SSSR count). The summed E-state index contributed by atoms with van der Waals surface area (Å²) in [5.41, 5.74) is -0.398. The Morgan fingerprint density at radius 2 is 2.20 bits per heavy atom. The molecule has 0 unspecified atom stereocenters. The fraction of sp³-hybridized carbons (Fsp3) is 0.857. The average molecular weight is 143 g/mol. The van der Waals surface area contributed by atoms with Crippen LogP contribution in [-0.2, 0) is 9.47 Å². The molecule has 3 nitrogen and oxygen atoms in total. The van der Waals surface area contributed by atoms with Crippen LogP contribution in [0.15, 0.2) is 4.99 Å². The number of rotatable bonds is 0. The minimum Gasteiger partial charge on any atom is -0.482 e. The van der Waals surface area contributed by atoms with Crippen LogP contribution in [0.1, 0.15) is 20.8 Å². The average Bonchev–Trinajstić information content (AvgIpc) is 2.05. The van der Waals surface area contributed by atoms with Gasteiger partial charge < -0.3 is 9.47 Å². The van der Waals surface area contributed by atoms with Crippen molar-refractivity contribution >= 4 is 5.90 Å². The quantitative estimate of drug-likeness (QED) is 0.510. The van der Waals surface area contributed by atoms with Crippen LogP contribution in [0.25, 0.3) is 0 Å². The largest absolute Gasteiger partial charge is 0.482 e. The first-order valence-electron chi connectivity index (χ1n) is 3.37. The lowest BCUT2D eigenvalue weighted by atomic mass is 10.3. The summed E-state index contributed by atoms with van der Waals surface area (Å²) in [6, 6.07) is 0. The van der Waals surface area contributed by atoms with Gasteiger partial charge in [-0.1, -0.05) is 0 Å². The van der Waals surface area contributed by atoms with E-state index in [0.717, 1.165) is 0 Å². The molecule has 0 aromatic heterocycles. The number of aliphatic imine (C=N–C) groups is 1. The van der Waals surface area contributed by atoms with Gasteiger partial charge in [0.1, 0.15) is 6.10 Å². The van der Waals surface area contributed by atoms with Crippen molar-refractivity contribution in [2.75, 3.05) is 7.11 Å². The van der Waals surface area contributed by atoms with E-state index in [1.165, 1.54) is 0 Å². The van der Waals surface area contributed by atoms with Gasteiger partial charge in [-0.2, -0.15) is 0 Å². The van der Waals surface area contributed by atoms with Crippen LogP contribution < -0.4 is 0 Å². The van der Waals surface area contributed by atoms with Crippen molar-refractivity contribution in [2.45, 2.75) is 32.6 Å². The fourth-order valence-corrected chi connectivity index (χ4v) is 1.08. The maximum atomic E-state index is 5.42. The zero-order valence-corrected chi connectivity index (χ0v) is 6.84. The number of hydrogen-bond donors (Lipinski definition) is 0. The molecule has 0 aromatic carbocycles. The van der Waals surface area contributed by atoms with Gasteiger partial charge in [0, 0.05) is 0 Å². The molecule has 1 atom stereocenters. The molecule has 0 saturated heterocycles. The normalized spacial score (nSPS) is 30.0. The number of hydrogen-bond acceptors (Lipinski definition) is 3. The minimum atomic E-state index is -0.398. The lowest BCUT2D eigenvalue weighted by Gasteiger charge is -2.13. The summed E-state index contributed by atoms with van der Waals surface area (Å²) in [5, 5.41) is 0. The number of nitrogens with zero attached hydrogens (tertiary/aromatic N) is 1. The second-order valence-electron chi connectivity index (χ2n) is 2.86. The molecule has 1 aliphatic rings. The van der Waals surface area contributed by atoms with Gasteiger partial charge in [0.15, 0.2) is 5.72 Å². The van der Waals surface area contributed by atoms with E-state index in [1.54, 1.807) is 7.11 Å². The van der Waals surface area contributed by atoms with E-state index >= 15 is 0 Å². The molecule has 0 N–H and O–H groups in total. The minimum absolute atomic E-state index is 0.000000000000000222. The van der Waals surface area contributed by atoms with E-state index in [9.17, 15) is 0 Å². The third-order valence-corrected chi connectivity index (χ3v) is 1.40. The van der Waals surface area contributed by atoms with Crippen LogP contribution in [0.4, 0.5) is 0 Å². The van der Waals surface area contributed by atoms with Crippen molar-refractivity contribution < 1.29 is 9.47 Å². The molecule has 1 aliphatic heterocycles. The third-order valence-electron chi connectivity index (χ3n) is 1.40. The Bertz CT molecular complexity index is 163. The van der Waals surface area contributed by atoms with Gasteiger partial charge in [0.05, 0.1) is 7.11 Å². The molecule has 0 aromatic rings. The Morgan fingerprint density at radius 1 is 1.60 bits per heavy atom. The van der Waals surface area contributed by atoms with Crippen molar-refractivity contribution in [3.8, 4) is 0 Å². The van der Waals surface area contributed by atoms with E-state index in [0.29, 0.717) is 5.90 Å². The molecule has 0 spiro atoms. The van der Waals surface area contributed by atoms with Crippen LogP contribution in [-0.4, -0.2) is 24.8 Å². The van der Waals surface area contributed by atoms with E-state index in [-0.39, 0.29) is 6.10 Å². The summed E-state index contributed by atoms with van der Waals surface area (Å²) < 4.78 is 10.4. The molecule has 58 valence electrons. The highest BCUT2D eigenvalue weighted by Crippen LogP contribution is 2.22. The van der Waals surface area contributed by atoms with Crippen molar-refractivity contribution in [3.05, 3.63) is 0 Å². The second-order valence-corrected chi connectivity index (χ2v) is 2.86.